The summed E-state index contributed by atoms with van der Waals surface area (Å²) in [5.41, 5.74) is 5.15. The summed E-state index contributed by atoms with van der Waals surface area (Å²) >= 11 is 1.59. The Labute approximate surface area is 163 Å². The zero-order valence-corrected chi connectivity index (χ0v) is 16.8. The number of nitrogens with zero attached hydrogens (tertiary/aromatic N) is 2. The maximum atomic E-state index is 13.3. The summed E-state index contributed by atoms with van der Waals surface area (Å²) in [6.07, 6.45) is 2.12. The monoisotopic (exact) mass is 380 g/mol. The molecule has 1 atom stereocenters. The highest BCUT2D eigenvalue weighted by molar-refractivity contribution is 7.22. The fourth-order valence-corrected chi connectivity index (χ4v) is 4.57. The van der Waals surface area contributed by atoms with Crippen molar-refractivity contribution in [1.29, 1.82) is 0 Å². The molecular weight excluding hydrogens is 356 g/mol. The van der Waals surface area contributed by atoms with Crippen LogP contribution in [-0.2, 0) is 4.74 Å². The fraction of sp³-hybridized carbons (Fsp3) is 0.364. The number of rotatable bonds is 4. The summed E-state index contributed by atoms with van der Waals surface area (Å²) in [5.74, 6) is -0.0140. The summed E-state index contributed by atoms with van der Waals surface area (Å²) < 4.78 is 6.97. The number of hydrogen-bond acceptors (Lipinski definition) is 4. The van der Waals surface area contributed by atoms with Crippen molar-refractivity contribution in [2.75, 3.05) is 18.1 Å². The first kappa shape index (κ1) is 18.1. The number of ether oxygens (including phenoxy) is 1. The summed E-state index contributed by atoms with van der Waals surface area (Å²) in [6.45, 7) is 7.50. The van der Waals surface area contributed by atoms with E-state index in [-0.39, 0.29) is 12.0 Å². The van der Waals surface area contributed by atoms with Crippen LogP contribution in [0.3, 0.4) is 0 Å². The van der Waals surface area contributed by atoms with Crippen molar-refractivity contribution in [3.8, 4) is 0 Å². The molecule has 4 rings (SSSR count). The Balaban J connectivity index is 1.75. The molecule has 1 aromatic heterocycles. The van der Waals surface area contributed by atoms with Gasteiger partial charge in [0, 0.05) is 12.2 Å². The lowest BCUT2D eigenvalue weighted by Crippen LogP contribution is -2.37. The molecule has 0 radical (unpaired) electrons. The van der Waals surface area contributed by atoms with E-state index in [4.69, 9.17) is 9.72 Å². The van der Waals surface area contributed by atoms with Crippen molar-refractivity contribution in [3.63, 3.8) is 0 Å². The first-order chi connectivity index (χ1) is 13.0. The minimum atomic E-state index is -0.0140. The molecule has 0 saturated carbocycles. The highest BCUT2D eigenvalue weighted by Crippen LogP contribution is 2.34. The largest absolute Gasteiger partial charge is 0.376 e. The first-order valence-corrected chi connectivity index (χ1v) is 10.2. The minimum absolute atomic E-state index is 0.0140. The van der Waals surface area contributed by atoms with Gasteiger partial charge in [-0.25, -0.2) is 4.98 Å². The van der Waals surface area contributed by atoms with Crippen molar-refractivity contribution >= 4 is 32.6 Å². The van der Waals surface area contributed by atoms with Gasteiger partial charge in [-0.15, -0.1) is 0 Å². The van der Waals surface area contributed by atoms with Crippen molar-refractivity contribution < 1.29 is 9.53 Å². The van der Waals surface area contributed by atoms with E-state index in [1.165, 1.54) is 5.56 Å². The lowest BCUT2D eigenvalue weighted by atomic mass is 10.1. The van der Waals surface area contributed by atoms with Crippen LogP contribution in [0, 0.1) is 20.8 Å². The second kappa shape index (κ2) is 7.41. The van der Waals surface area contributed by atoms with Crippen molar-refractivity contribution in [2.45, 2.75) is 39.7 Å². The van der Waals surface area contributed by atoms with Gasteiger partial charge < -0.3 is 4.74 Å². The van der Waals surface area contributed by atoms with Crippen molar-refractivity contribution in [3.05, 3.63) is 58.7 Å². The average Bonchev–Trinajstić information content (AvgIpc) is 3.33. The molecule has 2 aromatic carbocycles. The molecule has 0 aliphatic carbocycles. The standard InChI is InChI=1S/C22H24N2O2S/c1-14-6-10-17(11-7-14)21(25)24(13-18-5-4-12-26-18)22-23-19-15(2)8-9-16(3)20(19)27-22/h6-11,18H,4-5,12-13H2,1-3H3. The Morgan fingerprint density at radius 2 is 1.89 bits per heavy atom. The normalized spacial score (nSPS) is 16.8. The van der Waals surface area contributed by atoms with Crippen LogP contribution in [0.2, 0.25) is 0 Å². The third kappa shape index (κ3) is 3.62. The van der Waals surface area contributed by atoms with Gasteiger partial charge in [-0.05, 0) is 56.9 Å². The van der Waals surface area contributed by atoms with Gasteiger partial charge in [0.05, 0.1) is 22.9 Å². The van der Waals surface area contributed by atoms with Crippen LogP contribution in [0.15, 0.2) is 36.4 Å². The van der Waals surface area contributed by atoms with Crippen LogP contribution in [0.1, 0.15) is 39.9 Å². The van der Waals surface area contributed by atoms with E-state index in [2.05, 4.69) is 26.0 Å². The number of amides is 1. The second-order valence-electron chi connectivity index (χ2n) is 7.29. The quantitative estimate of drug-likeness (QED) is 0.636. The van der Waals surface area contributed by atoms with E-state index in [9.17, 15) is 4.79 Å². The number of thiazole rings is 1. The number of benzene rings is 2. The van der Waals surface area contributed by atoms with Crippen LogP contribution >= 0.6 is 11.3 Å². The van der Waals surface area contributed by atoms with Crippen LogP contribution in [0.4, 0.5) is 5.13 Å². The maximum absolute atomic E-state index is 13.3. The zero-order valence-electron chi connectivity index (χ0n) is 16.0. The Morgan fingerprint density at radius 3 is 2.56 bits per heavy atom. The molecule has 3 aromatic rings. The van der Waals surface area contributed by atoms with Gasteiger partial charge in [0.2, 0.25) is 0 Å². The molecule has 1 amide bonds. The lowest BCUT2D eigenvalue weighted by Gasteiger charge is -2.23. The number of aromatic nitrogens is 1. The van der Waals surface area contributed by atoms with E-state index in [0.29, 0.717) is 12.1 Å². The molecule has 0 spiro atoms. The van der Waals surface area contributed by atoms with Crippen LogP contribution < -0.4 is 4.90 Å². The highest BCUT2D eigenvalue weighted by Gasteiger charge is 2.27. The van der Waals surface area contributed by atoms with Crippen LogP contribution in [0.5, 0.6) is 0 Å². The molecule has 27 heavy (non-hydrogen) atoms. The lowest BCUT2D eigenvalue weighted by molar-refractivity contribution is 0.0917. The molecule has 2 heterocycles. The molecule has 5 heteroatoms. The third-order valence-corrected chi connectivity index (χ3v) is 6.33. The SMILES string of the molecule is Cc1ccc(C(=O)N(CC2CCCO2)c2nc3c(C)ccc(C)c3s2)cc1. The smallest absolute Gasteiger partial charge is 0.260 e. The van der Waals surface area contributed by atoms with Gasteiger partial charge in [-0.3, -0.25) is 9.69 Å². The molecule has 1 fully saturated rings. The second-order valence-corrected chi connectivity index (χ2v) is 8.27. The topological polar surface area (TPSA) is 42.4 Å². The summed E-state index contributed by atoms with van der Waals surface area (Å²) in [7, 11) is 0. The average molecular weight is 381 g/mol. The Morgan fingerprint density at radius 1 is 1.15 bits per heavy atom. The molecule has 1 aliphatic rings. The number of fused-ring (bicyclic) bond motifs is 1. The van der Waals surface area contributed by atoms with Crippen molar-refractivity contribution in [1.82, 2.24) is 4.98 Å². The van der Waals surface area contributed by atoms with Crippen molar-refractivity contribution in [2.24, 2.45) is 0 Å². The Kier molecular flexibility index (Phi) is 4.98. The highest BCUT2D eigenvalue weighted by atomic mass is 32.1. The zero-order chi connectivity index (χ0) is 19.0. The minimum Gasteiger partial charge on any atom is -0.376 e. The van der Waals surface area contributed by atoms with E-state index in [1.54, 1.807) is 11.3 Å². The fourth-order valence-electron chi connectivity index (χ4n) is 3.46. The van der Waals surface area contributed by atoms with Gasteiger partial charge in [0.1, 0.15) is 0 Å². The van der Waals surface area contributed by atoms with Gasteiger partial charge in [-0.2, -0.15) is 0 Å². The van der Waals surface area contributed by atoms with Gasteiger partial charge in [0.15, 0.2) is 5.13 Å². The molecular formula is C22H24N2O2S. The molecule has 0 N–H and O–H groups in total. The van der Waals surface area contributed by atoms with Gasteiger partial charge in [0.25, 0.3) is 5.91 Å². The molecule has 1 saturated heterocycles. The number of hydrogen-bond donors (Lipinski definition) is 0. The molecule has 1 aliphatic heterocycles. The number of aryl methyl sites for hydroxylation is 3. The van der Waals surface area contributed by atoms with E-state index >= 15 is 0 Å². The number of carbonyl (C=O) groups excluding carboxylic acids is 1. The summed E-state index contributed by atoms with van der Waals surface area (Å²) in [4.78, 5) is 20.0. The van der Waals surface area contributed by atoms with E-state index in [0.717, 1.165) is 45.9 Å². The summed E-state index contributed by atoms with van der Waals surface area (Å²) in [5, 5.41) is 0.753. The maximum Gasteiger partial charge on any atom is 0.260 e. The predicted molar refractivity (Wildman–Crippen MR) is 111 cm³/mol. The molecule has 0 bridgehead atoms. The van der Waals surface area contributed by atoms with Gasteiger partial charge >= 0.3 is 0 Å². The predicted octanol–water partition coefficient (Wildman–Crippen LogP) is 5.05. The Bertz CT molecular complexity index is 933. The molecule has 140 valence electrons. The molecule has 4 nitrogen and oxygen atoms in total. The number of anilines is 1. The summed E-state index contributed by atoms with van der Waals surface area (Å²) in [6, 6.07) is 11.9. The third-order valence-electron chi connectivity index (χ3n) is 5.12. The van der Waals surface area contributed by atoms with Crippen LogP contribution in [0.25, 0.3) is 10.2 Å². The van der Waals surface area contributed by atoms with E-state index < -0.39 is 0 Å². The first-order valence-electron chi connectivity index (χ1n) is 9.40. The Hall–Kier alpha value is -2.24. The van der Waals surface area contributed by atoms with Crippen LogP contribution in [-0.4, -0.2) is 30.1 Å². The van der Waals surface area contributed by atoms with Gasteiger partial charge in [-0.1, -0.05) is 41.2 Å². The van der Waals surface area contributed by atoms with E-state index in [1.807, 2.05) is 36.1 Å². The molecule has 1 unspecified atom stereocenters. The number of carbonyl (C=O) groups is 1.